The van der Waals surface area contributed by atoms with Gasteiger partial charge in [0.1, 0.15) is 11.6 Å². The maximum absolute atomic E-state index is 11.8. The molecule has 80 valence electrons. The highest BCUT2D eigenvalue weighted by Crippen LogP contribution is 2.30. The molecular weight excluding hydrogens is 178 g/mol. The molecule has 2 aliphatic carbocycles. The van der Waals surface area contributed by atoms with Crippen molar-refractivity contribution in [2.45, 2.75) is 63.0 Å². The monoisotopic (exact) mass is 197 g/mol. The first-order chi connectivity index (χ1) is 6.71. The Balaban J connectivity index is 1.87. The van der Waals surface area contributed by atoms with Crippen molar-refractivity contribution >= 4 is 5.97 Å². The van der Waals surface area contributed by atoms with Crippen LogP contribution in [0.15, 0.2) is 0 Å². The molecule has 0 amide bonds. The van der Waals surface area contributed by atoms with E-state index in [0.717, 1.165) is 38.5 Å². The van der Waals surface area contributed by atoms with Gasteiger partial charge in [-0.3, -0.25) is 4.79 Å². The first-order valence-corrected chi connectivity index (χ1v) is 5.71. The van der Waals surface area contributed by atoms with Gasteiger partial charge in [-0.2, -0.15) is 0 Å². The standard InChI is InChI=1S/C11H19NO2/c12-11(7-2-1-3-8-11)10(13)14-9-5-4-6-9/h9H,1-8,12H2. The Kier molecular flexibility index (Phi) is 2.77. The number of nitrogens with two attached hydrogens (primary N) is 1. The highest BCUT2D eigenvalue weighted by atomic mass is 16.5. The van der Waals surface area contributed by atoms with Crippen molar-refractivity contribution in [3.8, 4) is 0 Å². The Hall–Kier alpha value is -0.570. The minimum Gasteiger partial charge on any atom is -0.461 e. The molecule has 0 saturated heterocycles. The van der Waals surface area contributed by atoms with Crippen LogP contribution in [0.3, 0.4) is 0 Å². The molecule has 0 unspecified atom stereocenters. The van der Waals surface area contributed by atoms with Crippen LogP contribution in [-0.4, -0.2) is 17.6 Å². The average Bonchev–Trinajstić information content (AvgIpc) is 2.12. The van der Waals surface area contributed by atoms with Gasteiger partial charge in [-0.15, -0.1) is 0 Å². The molecule has 2 aliphatic rings. The molecule has 0 heterocycles. The maximum atomic E-state index is 11.8. The molecule has 0 bridgehead atoms. The second-order valence-corrected chi connectivity index (χ2v) is 4.68. The summed E-state index contributed by atoms with van der Waals surface area (Å²) in [6, 6.07) is 0. The molecule has 3 nitrogen and oxygen atoms in total. The quantitative estimate of drug-likeness (QED) is 0.686. The van der Waals surface area contributed by atoms with Crippen LogP contribution in [0.1, 0.15) is 51.4 Å². The predicted octanol–water partition coefficient (Wildman–Crippen LogP) is 1.74. The smallest absolute Gasteiger partial charge is 0.326 e. The molecule has 0 spiro atoms. The number of hydrogen-bond acceptors (Lipinski definition) is 3. The molecule has 0 radical (unpaired) electrons. The second kappa shape index (κ2) is 3.89. The van der Waals surface area contributed by atoms with Crippen LogP contribution in [-0.2, 0) is 9.53 Å². The largest absolute Gasteiger partial charge is 0.461 e. The van der Waals surface area contributed by atoms with Crippen LogP contribution >= 0.6 is 0 Å². The molecule has 0 aromatic carbocycles. The van der Waals surface area contributed by atoms with Crippen molar-refractivity contribution in [2.24, 2.45) is 5.73 Å². The van der Waals surface area contributed by atoms with Gasteiger partial charge in [-0.05, 0) is 32.1 Å². The van der Waals surface area contributed by atoms with E-state index < -0.39 is 5.54 Å². The summed E-state index contributed by atoms with van der Waals surface area (Å²) in [6.07, 6.45) is 8.36. The average molecular weight is 197 g/mol. The lowest BCUT2D eigenvalue weighted by molar-refractivity contribution is -0.161. The molecule has 0 atom stereocenters. The summed E-state index contributed by atoms with van der Waals surface area (Å²) in [6.45, 7) is 0. The lowest BCUT2D eigenvalue weighted by Crippen LogP contribution is -2.51. The molecule has 2 fully saturated rings. The number of hydrogen-bond donors (Lipinski definition) is 1. The highest BCUT2D eigenvalue weighted by Gasteiger charge is 2.38. The van der Waals surface area contributed by atoms with Gasteiger partial charge in [0.2, 0.25) is 0 Å². The Morgan fingerprint density at radius 2 is 1.79 bits per heavy atom. The van der Waals surface area contributed by atoms with Crippen molar-refractivity contribution < 1.29 is 9.53 Å². The fraction of sp³-hybridized carbons (Fsp3) is 0.909. The summed E-state index contributed by atoms with van der Waals surface area (Å²) in [5, 5.41) is 0. The lowest BCUT2D eigenvalue weighted by Gasteiger charge is -2.34. The van der Waals surface area contributed by atoms with Crippen molar-refractivity contribution in [1.29, 1.82) is 0 Å². The topological polar surface area (TPSA) is 52.3 Å². The van der Waals surface area contributed by atoms with E-state index in [-0.39, 0.29) is 12.1 Å². The molecule has 0 aromatic rings. The zero-order chi connectivity index (χ0) is 10.0. The Morgan fingerprint density at radius 3 is 2.29 bits per heavy atom. The fourth-order valence-corrected chi connectivity index (χ4v) is 2.14. The van der Waals surface area contributed by atoms with Crippen molar-refractivity contribution in [3.05, 3.63) is 0 Å². The summed E-state index contributed by atoms with van der Waals surface area (Å²) in [7, 11) is 0. The second-order valence-electron chi connectivity index (χ2n) is 4.68. The van der Waals surface area contributed by atoms with Gasteiger partial charge in [0.25, 0.3) is 0 Å². The first-order valence-electron chi connectivity index (χ1n) is 5.71. The fourth-order valence-electron chi connectivity index (χ4n) is 2.14. The number of carbonyl (C=O) groups is 1. The van der Waals surface area contributed by atoms with Gasteiger partial charge >= 0.3 is 5.97 Å². The van der Waals surface area contributed by atoms with Crippen molar-refractivity contribution in [3.63, 3.8) is 0 Å². The maximum Gasteiger partial charge on any atom is 0.326 e. The van der Waals surface area contributed by atoms with Gasteiger partial charge in [0, 0.05) is 0 Å². The number of rotatable bonds is 2. The molecule has 14 heavy (non-hydrogen) atoms. The van der Waals surface area contributed by atoms with Gasteiger partial charge < -0.3 is 10.5 Å². The van der Waals surface area contributed by atoms with Crippen LogP contribution in [0.2, 0.25) is 0 Å². The van der Waals surface area contributed by atoms with Gasteiger partial charge in [-0.1, -0.05) is 19.3 Å². The van der Waals surface area contributed by atoms with Gasteiger partial charge in [0.05, 0.1) is 0 Å². The van der Waals surface area contributed by atoms with E-state index in [2.05, 4.69) is 0 Å². The molecular formula is C11H19NO2. The lowest BCUT2D eigenvalue weighted by atomic mass is 9.82. The predicted molar refractivity (Wildman–Crippen MR) is 53.7 cm³/mol. The molecule has 0 aliphatic heterocycles. The first kappa shape index (κ1) is 9.97. The zero-order valence-corrected chi connectivity index (χ0v) is 8.63. The Morgan fingerprint density at radius 1 is 1.14 bits per heavy atom. The SMILES string of the molecule is NC1(C(=O)OC2CCC2)CCCCC1. The van der Waals surface area contributed by atoms with E-state index in [0.29, 0.717) is 0 Å². The third-order valence-electron chi connectivity index (χ3n) is 3.48. The van der Waals surface area contributed by atoms with E-state index in [4.69, 9.17) is 10.5 Å². The van der Waals surface area contributed by atoms with Crippen molar-refractivity contribution in [1.82, 2.24) is 0 Å². The molecule has 2 N–H and O–H groups in total. The van der Waals surface area contributed by atoms with Gasteiger partial charge in [0.15, 0.2) is 0 Å². The van der Waals surface area contributed by atoms with E-state index in [1.165, 1.54) is 12.8 Å². The van der Waals surface area contributed by atoms with Crippen LogP contribution in [0.5, 0.6) is 0 Å². The normalized spacial score (nSPS) is 26.6. The van der Waals surface area contributed by atoms with E-state index in [9.17, 15) is 4.79 Å². The Labute approximate surface area is 85.0 Å². The summed E-state index contributed by atoms with van der Waals surface area (Å²) in [4.78, 5) is 11.8. The Bertz CT molecular complexity index is 217. The molecule has 0 aromatic heterocycles. The summed E-state index contributed by atoms with van der Waals surface area (Å²) >= 11 is 0. The van der Waals surface area contributed by atoms with E-state index in [1.54, 1.807) is 0 Å². The molecule has 2 saturated carbocycles. The highest BCUT2D eigenvalue weighted by molar-refractivity contribution is 5.80. The summed E-state index contributed by atoms with van der Waals surface area (Å²) < 4.78 is 5.36. The van der Waals surface area contributed by atoms with E-state index >= 15 is 0 Å². The minimum atomic E-state index is -0.659. The molecule has 2 rings (SSSR count). The number of carbonyl (C=O) groups excluding carboxylic acids is 1. The van der Waals surface area contributed by atoms with Gasteiger partial charge in [-0.25, -0.2) is 0 Å². The minimum absolute atomic E-state index is 0.151. The zero-order valence-electron chi connectivity index (χ0n) is 8.63. The molecule has 3 heteroatoms. The number of esters is 1. The summed E-state index contributed by atoms with van der Waals surface area (Å²) in [5.74, 6) is -0.151. The third-order valence-corrected chi connectivity index (χ3v) is 3.48. The van der Waals surface area contributed by atoms with E-state index in [1.807, 2.05) is 0 Å². The summed E-state index contributed by atoms with van der Waals surface area (Å²) in [5.41, 5.74) is 5.40. The van der Waals surface area contributed by atoms with Crippen LogP contribution < -0.4 is 5.73 Å². The van der Waals surface area contributed by atoms with Crippen LogP contribution in [0.25, 0.3) is 0 Å². The third kappa shape index (κ3) is 1.92. The van der Waals surface area contributed by atoms with Crippen LogP contribution in [0, 0.1) is 0 Å². The number of ether oxygens (including phenoxy) is 1. The van der Waals surface area contributed by atoms with Crippen LogP contribution in [0.4, 0.5) is 0 Å². The van der Waals surface area contributed by atoms with Crippen molar-refractivity contribution in [2.75, 3.05) is 0 Å².